The van der Waals surface area contributed by atoms with E-state index in [4.69, 9.17) is 9.97 Å². The van der Waals surface area contributed by atoms with Crippen molar-refractivity contribution in [3.05, 3.63) is 206 Å². The zero-order chi connectivity index (χ0) is 38.2. The summed E-state index contributed by atoms with van der Waals surface area (Å²) in [7, 11) is 0. The molecular weight excluding hydrogens is 705 g/mol. The number of para-hydroxylation sites is 4. The maximum absolute atomic E-state index is 5.49. The average molecular weight is 739 g/mol. The Kier molecular flexibility index (Phi) is 7.20. The second kappa shape index (κ2) is 12.9. The molecule has 0 atom stereocenters. The molecule has 0 N–H and O–H groups in total. The van der Waals surface area contributed by atoms with Crippen LogP contribution in [0.1, 0.15) is 0 Å². The molecule has 4 nitrogen and oxygen atoms in total. The highest BCUT2D eigenvalue weighted by molar-refractivity contribution is 6.13. The van der Waals surface area contributed by atoms with E-state index in [0.29, 0.717) is 5.95 Å². The lowest BCUT2D eigenvalue weighted by Gasteiger charge is -2.15. The van der Waals surface area contributed by atoms with Crippen LogP contribution in [0, 0.1) is 0 Å². The van der Waals surface area contributed by atoms with E-state index in [0.717, 1.165) is 55.0 Å². The molecule has 0 amide bonds. The summed E-state index contributed by atoms with van der Waals surface area (Å²) in [6, 6.07) is 73.8. The number of benzene rings is 9. The molecular formula is C54H34N4. The third-order valence-electron chi connectivity index (χ3n) is 11.7. The average Bonchev–Trinajstić information content (AvgIpc) is 3.81. The lowest BCUT2D eigenvalue weighted by atomic mass is 9.93. The normalized spacial score (nSPS) is 11.8. The summed E-state index contributed by atoms with van der Waals surface area (Å²) < 4.78 is 4.60. The fourth-order valence-corrected chi connectivity index (χ4v) is 9.12. The van der Waals surface area contributed by atoms with E-state index in [1.165, 1.54) is 49.4 Å². The number of nitrogens with zero attached hydrogens (tertiary/aromatic N) is 4. The SMILES string of the molecule is c1ccc(-c2ccc(-c3nc(-n4c5ccccc5c5cc(-c6ccc7c(c6)c6ccccc6n7-c6ccccc6)ccc54)nc4ccccc34)c3ccccc23)cc1. The van der Waals surface area contributed by atoms with Crippen LogP contribution in [-0.4, -0.2) is 19.1 Å². The van der Waals surface area contributed by atoms with Crippen LogP contribution in [0.2, 0.25) is 0 Å². The van der Waals surface area contributed by atoms with Crippen molar-refractivity contribution >= 4 is 65.3 Å². The first-order valence-electron chi connectivity index (χ1n) is 19.8. The minimum Gasteiger partial charge on any atom is -0.309 e. The molecule has 0 spiro atoms. The molecule has 0 saturated heterocycles. The van der Waals surface area contributed by atoms with Gasteiger partial charge in [-0.05, 0) is 87.6 Å². The first-order valence-corrected chi connectivity index (χ1v) is 19.8. The van der Waals surface area contributed by atoms with E-state index in [1.54, 1.807) is 0 Å². The molecule has 3 heterocycles. The van der Waals surface area contributed by atoms with E-state index in [9.17, 15) is 0 Å². The molecule has 3 aromatic heterocycles. The summed E-state index contributed by atoms with van der Waals surface area (Å²) in [5.74, 6) is 0.652. The van der Waals surface area contributed by atoms with Crippen LogP contribution in [-0.2, 0) is 0 Å². The van der Waals surface area contributed by atoms with Crippen LogP contribution < -0.4 is 0 Å². The zero-order valence-corrected chi connectivity index (χ0v) is 31.4. The molecule has 58 heavy (non-hydrogen) atoms. The Morgan fingerprint density at radius 1 is 0.293 bits per heavy atom. The minimum absolute atomic E-state index is 0.652. The van der Waals surface area contributed by atoms with Gasteiger partial charge in [0.05, 0.1) is 33.3 Å². The van der Waals surface area contributed by atoms with Crippen LogP contribution in [0.4, 0.5) is 0 Å². The molecule has 0 aliphatic heterocycles. The van der Waals surface area contributed by atoms with Gasteiger partial charge in [-0.2, -0.15) is 0 Å². The van der Waals surface area contributed by atoms with Crippen LogP contribution in [0.25, 0.3) is 110 Å². The first-order chi connectivity index (χ1) is 28.8. The molecule has 0 bridgehead atoms. The standard InChI is InChI=1S/C54H34N4/c1-3-15-35(16-4-1)39-29-30-44(41-20-8-7-19-40(39)41)53-45-23-9-12-24-48(45)55-54(56-53)58-50-26-14-11-22-43(50)47-34-37(28-32-52(47)58)36-27-31-51-46(33-36)42-21-10-13-25-49(42)57(51)38-17-5-2-6-18-38/h1-34H. The van der Waals surface area contributed by atoms with E-state index in [1.807, 2.05) is 0 Å². The van der Waals surface area contributed by atoms with Crippen molar-refractivity contribution in [1.29, 1.82) is 0 Å². The van der Waals surface area contributed by atoms with Crippen LogP contribution in [0.15, 0.2) is 206 Å². The summed E-state index contributed by atoms with van der Waals surface area (Å²) in [5.41, 5.74) is 13.4. The highest BCUT2D eigenvalue weighted by Crippen LogP contribution is 2.41. The Balaban J connectivity index is 1.05. The number of hydrogen-bond acceptors (Lipinski definition) is 2. The lowest BCUT2D eigenvalue weighted by Crippen LogP contribution is -2.03. The molecule has 9 aromatic carbocycles. The molecule has 0 radical (unpaired) electrons. The Morgan fingerprint density at radius 2 is 0.776 bits per heavy atom. The van der Waals surface area contributed by atoms with Crippen LogP contribution in [0.5, 0.6) is 0 Å². The van der Waals surface area contributed by atoms with Gasteiger partial charge in [-0.1, -0.05) is 152 Å². The van der Waals surface area contributed by atoms with Gasteiger partial charge in [0.15, 0.2) is 0 Å². The van der Waals surface area contributed by atoms with Crippen molar-refractivity contribution in [2.24, 2.45) is 0 Å². The van der Waals surface area contributed by atoms with Gasteiger partial charge in [-0.15, -0.1) is 0 Å². The maximum atomic E-state index is 5.49. The number of rotatable bonds is 5. The summed E-state index contributed by atoms with van der Waals surface area (Å²) in [4.78, 5) is 10.8. The summed E-state index contributed by atoms with van der Waals surface area (Å²) >= 11 is 0. The summed E-state index contributed by atoms with van der Waals surface area (Å²) in [5, 5.41) is 8.19. The van der Waals surface area contributed by atoms with Gasteiger partial charge in [0.25, 0.3) is 0 Å². The first kappa shape index (κ1) is 32.4. The monoisotopic (exact) mass is 738 g/mol. The van der Waals surface area contributed by atoms with Gasteiger partial charge in [-0.25, -0.2) is 9.97 Å². The Bertz CT molecular complexity index is 3560. The molecule has 4 heteroatoms. The van der Waals surface area contributed by atoms with Gasteiger partial charge in [-0.3, -0.25) is 4.57 Å². The Hall–Kier alpha value is -7.82. The van der Waals surface area contributed by atoms with E-state index < -0.39 is 0 Å². The molecule has 0 unspecified atom stereocenters. The molecule has 270 valence electrons. The van der Waals surface area contributed by atoms with E-state index >= 15 is 0 Å². The smallest absolute Gasteiger partial charge is 0.235 e. The predicted octanol–water partition coefficient (Wildman–Crippen LogP) is 14.0. The van der Waals surface area contributed by atoms with Crippen molar-refractivity contribution in [3.8, 4) is 45.1 Å². The number of hydrogen-bond donors (Lipinski definition) is 0. The maximum Gasteiger partial charge on any atom is 0.235 e. The van der Waals surface area contributed by atoms with Gasteiger partial charge >= 0.3 is 0 Å². The van der Waals surface area contributed by atoms with Gasteiger partial charge in [0.2, 0.25) is 5.95 Å². The van der Waals surface area contributed by atoms with E-state index in [-0.39, 0.29) is 0 Å². The minimum atomic E-state index is 0.652. The fourth-order valence-electron chi connectivity index (χ4n) is 9.12. The Labute approximate surface area is 334 Å². The largest absolute Gasteiger partial charge is 0.309 e. The second-order valence-electron chi connectivity index (χ2n) is 15.0. The van der Waals surface area contributed by atoms with Crippen molar-refractivity contribution in [2.75, 3.05) is 0 Å². The van der Waals surface area contributed by atoms with Crippen molar-refractivity contribution < 1.29 is 0 Å². The third kappa shape index (κ3) is 4.95. The van der Waals surface area contributed by atoms with Crippen LogP contribution >= 0.6 is 0 Å². The van der Waals surface area contributed by atoms with Gasteiger partial charge in [0, 0.05) is 38.2 Å². The van der Waals surface area contributed by atoms with Gasteiger partial charge in [0.1, 0.15) is 0 Å². The van der Waals surface area contributed by atoms with Crippen molar-refractivity contribution in [2.45, 2.75) is 0 Å². The summed E-state index contributed by atoms with van der Waals surface area (Å²) in [6.45, 7) is 0. The predicted molar refractivity (Wildman–Crippen MR) is 242 cm³/mol. The molecule has 12 rings (SSSR count). The number of fused-ring (bicyclic) bond motifs is 8. The number of aromatic nitrogens is 4. The molecule has 0 fully saturated rings. The molecule has 12 aromatic rings. The van der Waals surface area contributed by atoms with E-state index in [2.05, 4.69) is 215 Å². The fraction of sp³-hybridized carbons (Fsp3) is 0. The molecule has 0 aliphatic carbocycles. The highest BCUT2D eigenvalue weighted by atomic mass is 15.2. The highest BCUT2D eigenvalue weighted by Gasteiger charge is 2.20. The topological polar surface area (TPSA) is 35.6 Å². The Morgan fingerprint density at radius 3 is 1.45 bits per heavy atom. The quantitative estimate of drug-likeness (QED) is 0.176. The lowest BCUT2D eigenvalue weighted by molar-refractivity contribution is 1.01. The van der Waals surface area contributed by atoms with Crippen molar-refractivity contribution in [1.82, 2.24) is 19.1 Å². The molecule has 0 saturated carbocycles. The van der Waals surface area contributed by atoms with Gasteiger partial charge < -0.3 is 4.57 Å². The second-order valence-corrected chi connectivity index (χ2v) is 15.0. The third-order valence-corrected chi connectivity index (χ3v) is 11.7. The molecule has 0 aliphatic rings. The van der Waals surface area contributed by atoms with Crippen molar-refractivity contribution in [3.63, 3.8) is 0 Å². The summed E-state index contributed by atoms with van der Waals surface area (Å²) in [6.07, 6.45) is 0. The zero-order valence-electron chi connectivity index (χ0n) is 31.4. The van der Waals surface area contributed by atoms with Crippen LogP contribution in [0.3, 0.4) is 0 Å².